The zero-order chi connectivity index (χ0) is 17.8. The van der Waals surface area contributed by atoms with Gasteiger partial charge in [0, 0.05) is 30.5 Å². The zero-order valence-electron chi connectivity index (χ0n) is 14.8. The smallest absolute Gasteiger partial charge is 0.255 e. The number of nitrogens with zero attached hydrogens (tertiary/aromatic N) is 3. The van der Waals surface area contributed by atoms with Crippen LogP contribution >= 0.6 is 0 Å². The summed E-state index contributed by atoms with van der Waals surface area (Å²) in [5.74, 6) is 1.10. The summed E-state index contributed by atoms with van der Waals surface area (Å²) >= 11 is 0. The molecule has 0 aliphatic carbocycles. The molecule has 1 amide bonds. The predicted octanol–water partition coefficient (Wildman–Crippen LogP) is 2.33. The Kier molecular flexibility index (Phi) is 5.26. The summed E-state index contributed by atoms with van der Waals surface area (Å²) in [5, 5.41) is 0. The Morgan fingerprint density at radius 1 is 1.32 bits per heavy atom. The summed E-state index contributed by atoms with van der Waals surface area (Å²) in [6.45, 7) is 5.55. The van der Waals surface area contributed by atoms with Crippen LogP contribution in [0.15, 0.2) is 29.2 Å². The highest BCUT2D eigenvalue weighted by Gasteiger charge is 2.21. The van der Waals surface area contributed by atoms with E-state index in [1.807, 2.05) is 17.0 Å². The number of amides is 1. The van der Waals surface area contributed by atoms with Crippen LogP contribution < -0.4 is 5.56 Å². The molecule has 132 valence electrons. The Balaban J connectivity index is 1.79. The van der Waals surface area contributed by atoms with E-state index in [2.05, 4.69) is 21.9 Å². The van der Waals surface area contributed by atoms with Crippen molar-refractivity contribution in [2.45, 2.75) is 39.5 Å². The van der Waals surface area contributed by atoms with E-state index in [4.69, 9.17) is 0 Å². The lowest BCUT2D eigenvalue weighted by atomic mass is 10.0. The van der Waals surface area contributed by atoms with Gasteiger partial charge in [-0.3, -0.25) is 14.6 Å². The van der Waals surface area contributed by atoms with Crippen LogP contribution in [0.2, 0.25) is 0 Å². The fraction of sp³-hybridized carbons (Fsp3) is 0.474. The number of rotatable bonds is 3. The first-order valence-electron chi connectivity index (χ1n) is 8.83. The van der Waals surface area contributed by atoms with Crippen molar-refractivity contribution >= 4 is 5.91 Å². The molecule has 25 heavy (non-hydrogen) atoms. The number of carbonyl (C=O) groups is 1. The lowest BCUT2D eigenvalue weighted by Gasteiger charge is -2.20. The van der Waals surface area contributed by atoms with Crippen LogP contribution in [0.25, 0.3) is 11.5 Å². The van der Waals surface area contributed by atoms with Crippen molar-refractivity contribution in [1.29, 1.82) is 0 Å². The van der Waals surface area contributed by atoms with Crippen LogP contribution in [0.1, 0.15) is 37.4 Å². The zero-order valence-corrected chi connectivity index (χ0v) is 14.8. The second-order valence-corrected chi connectivity index (χ2v) is 6.79. The second-order valence-electron chi connectivity index (χ2n) is 6.79. The maximum absolute atomic E-state index is 12.6. The molecule has 1 atom stereocenters. The number of nitrogens with one attached hydrogen (secondary N) is 1. The molecule has 6 nitrogen and oxygen atoms in total. The molecule has 3 rings (SSSR count). The van der Waals surface area contributed by atoms with Crippen molar-refractivity contribution in [3.8, 4) is 11.5 Å². The Morgan fingerprint density at radius 2 is 2.16 bits per heavy atom. The number of pyridine rings is 1. The van der Waals surface area contributed by atoms with Gasteiger partial charge in [0.1, 0.15) is 5.69 Å². The highest BCUT2D eigenvalue weighted by atomic mass is 16.2. The minimum absolute atomic E-state index is 0.00934. The van der Waals surface area contributed by atoms with Crippen LogP contribution in [-0.4, -0.2) is 38.8 Å². The van der Waals surface area contributed by atoms with E-state index >= 15 is 0 Å². The number of hydrogen-bond donors (Lipinski definition) is 1. The van der Waals surface area contributed by atoms with Gasteiger partial charge < -0.3 is 9.88 Å². The third kappa shape index (κ3) is 4.13. The Hall–Kier alpha value is -2.50. The highest BCUT2D eigenvalue weighted by Crippen LogP contribution is 2.17. The Morgan fingerprint density at radius 3 is 2.88 bits per heavy atom. The summed E-state index contributed by atoms with van der Waals surface area (Å²) in [5.41, 5.74) is 1.38. The molecule has 0 saturated carbocycles. The first kappa shape index (κ1) is 17.3. The van der Waals surface area contributed by atoms with Gasteiger partial charge in [-0.25, -0.2) is 4.98 Å². The van der Waals surface area contributed by atoms with Crippen molar-refractivity contribution in [2.24, 2.45) is 5.92 Å². The van der Waals surface area contributed by atoms with Gasteiger partial charge in [-0.15, -0.1) is 0 Å². The molecule has 1 saturated heterocycles. The molecule has 0 radical (unpaired) electrons. The van der Waals surface area contributed by atoms with E-state index in [1.165, 1.54) is 0 Å². The van der Waals surface area contributed by atoms with E-state index in [-0.39, 0.29) is 17.9 Å². The molecule has 2 aromatic rings. The number of aromatic nitrogens is 3. The van der Waals surface area contributed by atoms with Gasteiger partial charge in [-0.05, 0) is 44.2 Å². The van der Waals surface area contributed by atoms with E-state index in [1.54, 1.807) is 19.2 Å². The number of aromatic amines is 1. The molecule has 0 aromatic carbocycles. The molecule has 2 aromatic heterocycles. The third-order valence-electron chi connectivity index (χ3n) is 4.83. The SMILES string of the molecule is Cc1nc(-c2ccccn2)[nH]c(=O)c1CC(=O)N1CCCC(C)CC1. The summed E-state index contributed by atoms with van der Waals surface area (Å²) in [6, 6.07) is 5.44. The summed E-state index contributed by atoms with van der Waals surface area (Å²) in [4.78, 5) is 38.4. The number of H-pyrrole nitrogens is 1. The first-order valence-corrected chi connectivity index (χ1v) is 8.83. The van der Waals surface area contributed by atoms with Crippen LogP contribution in [-0.2, 0) is 11.2 Å². The molecule has 1 N–H and O–H groups in total. The van der Waals surface area contributed by atoms with Crippen LogP contribution in [0.5, 0.6) is 0 Å². The van der Waals surface area contributed by atoms with Crippen molar-refractivity contribution < 1.29 is 4.79 Å². The molecule has 1 unspecified atom stereocenters. The standard InChI is InChI=1S/C19H24N4O2/c1-13-6-5-10-23(11-8-13)17(24)12-15-14(2)21-18(22-19(15)25)16-7-3-4-9-20-16/h3-4,7,9,13H,5-6,8,10-12H2,1-2H3,(H,21,22,25). The summed E-state index contributed by atoms with van der Waals surface area (Å²) < 4.78 is 0. The van der Waals surface area contributed by atoms with E-state index in [0.29, 0.717) is 28.7 Å². The maximum atomic E-state index is 12.6. The van der Waals surface area contributed by atoms with Crippen LogP contribution in [0.4, 0.5) is 0 Å². The van der Waals surface area contributed by atoms with Gasteiger partial charge in [-0.1, -0.05) is 13.0 Å². The van der Waals surface area contributed by atoms with Crippen molar-refractivity contribution in [3.05, 3.63) is 46.0 Å². The molecule has 3 heterocycles. The molecule has 1 aliphatic heterocycles. The van der Waals surface area contributed by atoms with Crippen LogP contribution in [0, 0.1) is 12.8 Å². The van der Waals surface area contributed by atoms with E-state index in [0.717, 1.165) is 32.4 Å². The highest BCUT2D eigenvalue weighted by molar-refractivity contribution is 5.79. The van der Waals surface area contributed by atoms with Gasteiger partial charge in [0.2, 0.25) is 5.91 Å². The van der Waals surface area contributed by atoms with E-state index in [9.17, 15) is 9.59 Å². The molecule has 0 bridgehead atoms. The average Bonchev–Trinajstić information content (AvgIpc) is 2.83. The number of carbonyl (C=O) groups excluding carboxylic acids is 1. The molecular formula is C19H24N4O2. The minimum Gasteiger partial charge on any atom is -0.342 e. The quantitative estimate of drug-likeness (QED) is 0.930. The number of hydrogen-bond acceptors (Lipinski definition) is 4. The number of likely N-dealkylation sites (tertiary alicyclic amines) is 1. The molecule has 0 spiro atoms. The van der Waals surface area contributed by atoms with Gasteiger partial charge in [0.25, 0.3) is 5.56 Å². The molecule has 6 heteroatoms. The fourth-order valence-electron chi connectivity index (χ4n) is 3.22. The van der Waals surface area contributed by atoms with Gasteiger partial charge >= 0.3 is 0 Å². The van der Waals surface area contributed by atoms with Gasteiger partial charge in [0.05, 0.1) is 6.42 Å². The topological polar surface area (TPSA) is 79.0 Å². The van der Waals surface area contributed by atoms with Gasteiger partial charge in [0.15, 0.2) is 5.82 Å². The third-order valence-corrected chi connectivity index (χ3v) is 4.83. The largest absolute Gasteiger partial charge is 0.342 e. The monoisotopic (exact) mass is 340 g/mol. The lowest BCUT2D eigenvalue weighted by Crippen LogP contribution is -2.35. The summed E-state index contributed by atoms with van der Waals surface area (Å²) in [7, 11) is 0. The molecule has 1 aliphatic rings. The van der Waals surface area contributed by atoms with Crippen LogP contribution in [0.3, 0.4) is 0 Å². The fourth-order valence-corrected chi connectivity index (χ4v) is 3.22. The lowest BCUT2D eigenvalue weighted by molar-refractivity contribution is -0.130. The van der Waals surface area contributed by atoms with Crippen molar-refractivity contribution in [1.82, 2.24) is 19.9 Å². The molecular weight excluding hydrogens is 316 g/mol. The predicted molar refractivity (Wildman–Crippen MR) is 96.1 cm³/mol. The normalized spacial score (nSPS) is 18.0. The second kappa shape index (κ2) is 7.59. The maximum Gasteiger partial charge on any atom is 0.255 e. The van der Waals surface area contributed by atoms with Gasteiger partial charge in [-0.2, -0.15) is 0 Å². The first-order chi connectivity index (χ1) is 12.0. The summed E-state index contributed by atoms with van der Waals surface area (Å²) in [6.07, 6.45) is 4.97. The molecule has 1 fully saturated rings. The minimum atomic E-state index is -0.260. The van der Waals surface area contributed by atoms with E-state index < -0.39 is 0 Å². The van der Waals surface area contributed by atoms with Crippen molar-refractivity contribution in [3.63, 3.8) is 0 Å². The Labute approximate surface area is 147 Å². The Bertz CT molecular complexity index is 801. The average molecular weight is 340 g/mol. The van der Waals surface area contributed by atoms with Crippen molar-refractivity contribution in [2.75, 3.05) is 13.1 Å². The number of aryl methyl sites for hydroxylation is 1.